The number of esters is 1. The van der Waals surface area contributed by atoms with Crippen LogP contribution in [0.3, 0.4) is 0 Å². The summed E-state index contributed by atoms with van der Waals surface area (Å²) in [6.07, 6.45) is 2.62. The minimum Gasteiger partial charge on any atom is -0.465 e. The second-order valence-electron chi connectivity index (χ2n) is 8.44. The Morgan fingerprint density at radius 3 is 2.56 bits per heavy atom. The lowest BCUT2D eigenvalue weighted by atomic mass is 9.97. The van der Waals surface area contributed by atoms with Gasteiger partial charge < -0.3 is 14.4 Å². The Hall–Kier alpha value is -2.50. The van der Waals surface area contributed by atoms with Crippen LogP contribution in [0.2, 0.25) is 0 Å². The second-order valence-corrected chi connectivity index (χ2v) is 8.44. The van der Waals surface area contributed by atoms with E-state index >= 15 is 0 Å². The number of fused-ring (bicyclic) bond motifs is 3. The molecule has 3 rings (SSSR count). The van der Waals surface area contributed by atoms with Crippen LogP contribution in [0.25, 0.3) is 0 Å². The van der Waals surface area contributed by atoms with Gasteiger partial charge in [0.25, 0.3) is 0 Å². The Morgan fingerprint density at radius 1 is 1.26 bits per heavy atom. The van der Waals surface area contributed by atoms with Crippen molar-refractivity contribution in [2.75, 3.05) is 27.7 Å². The van der Waals surface area contributed by atoms with Gasteiger partial charge in [-0.05, 0) is 62.2 Å². The van der Waals surface area contributed by atoms with Crippen LogP contribution in [0, 0.1) is 5.92 Å². The van der Waals surface area contributed by atoms with Crippen molar-refractivity contribution in [3.63, 3.8) is 0 Å². The van der Waals surface area contributed by atoms with Crippen LogP contribution in [0.4, 0.5) is 4.79 Å². The van der Waals surface area contributed by atoms with Crippen molar-refractivity contribution in [2.45, 2.75) is 38.8 Å². The Balaban J connectivity index is 2.01. The minimum absolute atomic E-state index is 0.120. The smallest absolute Gasteiger partial charge is 0.411 e. The van der Waals surface area contributed by atoms with E-state index in [1.807, 2.05) is 51.9 Å². The molecular formula is C21H28N2O4. The van der Waals surface area contributed by atoms with Crippen LogP contribution in [-0.4, -0.2) is 55.2 Å². The summed E-state index contributed by atoms with van der Waals surface area (Å²) in [4.78, 5) is 28.7. The molecule has 0 N–H and O–H groups in total. The summed E-state index contributed by atoms with van der Waals surface area (Å²) >= 11 is 0. The molecule has 0 radical (unpaired) electrons. The predicted molar refractivity (Wildman–Crippen MR) is 102 cm³/mol. The molecule has 1 aliphatic carbocycles. The van der Waals surface area contributed by atoms with Gasteiger partial charge in [-0.1, -0.05) is 6.07 Å². The zero-order valence-corrected chi connectivity index (χ0v) is 16.9. The van der Waals surface area contributed by atoms with E-state index in [9.17, 15) is 9.59 Å². The van der Waals surface area contributed by atoms with Crippen LogP contribution in [-0.2, 0) is 15.9 Å². The molecule has 1 saturated heterocycles. The maximum atomic E-state index is 12.9. The fourth-order valence-corrected chi connectivity index (χ4v) is 3.96. The molecule has 2 atom stereocenters. The molecule has 0 aromatic heterocycles. The van der Waals surface area contributed by atoms with Crippen LogP contribution in [0.15, 0.2) is 30.0 Å². The third-order valence-corrected chi connectivity index (χ3v) is 4.92. The SMILES string of the molecule is COC(=O)c1ccc2c(c1)C1C(C2)C(=CN(C)C)CN1C(=O)OC(C)(C)C. The molecule has 1 aliphatic heterocycles. The van der Waals surface area contributed by atoms with E-state index in [-0.39, 0.29) is 24.0 Å². The van der Waals surface area contributed by atoms with Crippen LogP contribution in [0.1, 0.15) is 48.3 Å². The molecule has 0 saturated carbocycles. The number of hydrogen-bond acceptors (Lipinski definition) is 5. The standard InChI is InChI=1S/C21H28N2O4/c1-21(2,3)27-20(25)23-12-15(11-22(4)5)17-9-13-7-8-14(19(24)26-6)10-16(13)18(17)23/h7-8,10-11,17-18H,9,12H2,1-6H3. The number of carbonyl (C=O) groups is 2. The summed E-state index contributed by atoms with van der Waals surface area (Å²) in [5, 5.41) is 0. The molecule has 6 nitrogen and oxygen atoms in total. The molecule has 27 heavy (non-hydrogen) atoms. The summed E-state index contributed by atoms with van der Waals surface area (Å²) in [5.74, 6) is -0.171. The average molecular weight is 372 g/mol. The number of amides is 1. The van der Waals surface area contributed by atoms with E-state index in [0.29, 0.717) is 12.1 Å². The first-order valence-corrected chi connectivity index (χ1v) is 9.18. The van der Waals surface area contributed by atoms with Gasteiger partial charge in [0, 0.05) is 26.6 Å². The van der Waals surface area contributed by atoms with Gasteiger partial charge in [-0.2, -0.15) is 0 Å². The molecule has 0 bridgehead atoms. The zero-order chi connectivity index (χ0) is 19.9. The Morgan fingerprint density at radius 2 is 1.96 bits per heavy atom. The molecule has 1 aromatic rings. The molecule has 1 amide bonds. The number of hydrogen-bond donors (Lipinski definition) is 0. The first-order valence-electron chi connectivity index (χ1n) is 9.18. The summed E-state index contributed by atoms with van der Waals surface area (Å²) < 4.78 is 10.5. The van der Waals surface area contributed by atoms with E-state index in [2.05, 4.69) is 6.20 Å². The van der Waals surface area contributed by atoms with Gasteiger partial charge in [0.05, 0.1) is 18.7 Å². The molecular weight excluding hydrogens is 344 g/mol. The fourth-order valence-electron chi connectivity index (χ4n) is 3.96. The monoisotopic (exact) mass is 372 g/mol. The number of benzene rings is 1. The Kier molecular flexibility index (Phi) is 4.93. The summed E-state index contributed by atoms with van der Waals surface area (Å²) in [6.45, 7) is 6.14. The Bertz CT molecular complexity index is 792. The molecule has 0 spiro atoms. The quantitative estimate of drug-likeness (QED) is 0.745. The molecule has 1 heterocycles. The van der Waals surface area contributed by atoms with E-state index in [1.54, 1.807) is 11.0 Å². The van der Waals surface area contributed by atoms with Gasteiger partial charge in [-0.3, -0.25) is 4.90 Å². The lowest BCUT2D eigenvalue weighted by Gasteiger charge is -2.28. The maximum absolute atomic E-state index is 12.9. The molecule has 1 aromatic carbocycles. The summed E-state index contributed by atoms with van der Waals surface area (Å²) in [7, 11) is 5.34. The highest BCUT2D eigenvalue weighted by Crippen LogP contribution is 2.49. The summed E-state index contributed by atoms with van der Waals surface area (Å²) in [5.41, 5.74) is 3.32. The molecule has 146 valence electrons. The van der Waals surface area contributed by atoms with Crippen molar-refractivity contribution in [3.8, 4) is 0 Å². The topological polar surface area (TPSA) is 59.1 Å². The zero-order valence-electron chi connectivity index (χ0n) is 16.9. The first kappa shape index (κ1) is 19.3. The van der Waals surface area contributed by atoms with Crippen LogP contribution in [0.5, 0.6) is 0 Å². The fraction of sp³-hybridized carbons (Fsp3) is 0.524. The van der Waals surface area contributed by atoms with Crippen molar-refractivity contribution in [3.05, 3.63) is 46.7 Å². The normalized spacial score (nSPS) is 22.4. The van der Waals surface area contributed by atoms with Gasteiger partial charge in [-0.15, -0.1) is 0 Å². The summed E-state index contributed by atoms with van der Waals surface area (Å²) in [6, 6.07) is 5.51. The van der Waals surface area contributed by atoms with Crippen molar-refractivity contribution in [1.29, 1.82) is 0 Å². The van der Waals surface area contributed by atoms with Gasteiger partial charge in [0.2, 0.25) is 0 Å². The van der Waals surface area contributed by atoms with Gasteiger partial charge in [0.1, 0.15) is 5.60 Å². The highest BCUT2D eigenvalue weighted by Gasteiger charge is 2.47. The first-order chi connectivity index (χ1) is 12.6. The van der Waals surface area contributed by atoms with Crippen LogP contribution < -0.4 is 0 Å². The number of likely N-dealkylation sites (tertiary alicyclic amines) is 1. The van der Waals surface area contributed by atoms with Gasteiger partial charge in [-0.25, -0.2) is 9.59 Å². The third-order valence-electron chi connectivity index (χ3n) is 4.92. The molecule has 6 heteroatoms. The Labute approximate surface area is 160 Å². The van der Waals surface area contributed by atoms with Crippen molar-refractivity contribution < 1.29 is 19.1 Å². The van der Waals surface area contributed by atoms with Crippen molar-refractivity contribution in [1.82, 2.24) is 9.80 Å². The maximum Gasteiger partial charge on any atom is 0.411 e. The predicted octanol–water partition coefficient (Wildman–Crippen LogP) is 3.38. The number of nitrogens with zero attached hydrogens (tertiary/aromatic N) is 2. The van der Waals surface area contributed by atoms with Crippen LogP contribution >= 0.6 is 0 Å². The van der Waals surface area contributed by atoms with Gasteiger partial charge >= 0.3 is 12.1 Å². The third kappa shape index (κ3) is 3.80. The van der Waals surface area contributed by atoms with Gasteiger partial charge in [0.15, 0.2) is 0 Å². The number of carbonyl (C=O) groups excluding carboxylic acids is 2. The van der Waals surface area contributed by atoms with E-state index in [1.165, 1.54) is 12.7 Å². The van der Waals surface area contributed by atoms with E-state index in [4.69, 9.17) is 9.47 Å². The average Bonchev–Trinajstić information content (AvgIpc) is 3.09. The second kappa shape index (κ2) is 6.91. The van der Waals surface area contributed by atoms with E-state index in [0.717, 1.165) is 17.5 Å². The number of methoxy groups -OCH3 is 1. The number of ether oxygens (including phenoxy) is 2. The van der Waals surface area contributed by atoms with Crippen molar-refractivity contribution in [2.24, 2.45) is 5.92 Å². The lowest BCUT2D eigenvalue weighted by molar-refractivity contribution is 0.0214. The highest BCUT2D eigenvalue weighted by molar-refractivity contribution is 5.89. The highest BCUT2D eigenvalue weighted by atomic mass is 16.6. The lowest BCUT2D eigenvalue weighted by Crippen LogP contribution is -2.36. The van der Waals surface area contributed by atoms with Crippen molar-refractivity contribution >= 4 is 12.1 Å². The minimum atomic E-state index is -0.560. The molecule has 1 fully saturated rings. The molecule has 2 unspecified atom stereocenters. The number of rotatable bonds is 2. The van der Waals surface area contributed by atoms with E-state index < -0.39 is 5.60 Å². The largest absolute Gasteiger partial charge is 0.465 e. The molecule has 2 aliphatic rings.